The molecule has 4 aliphatic rings. The number of rotatable bonds is 4. The summed E-state index contributed by atoms with van der Waals surface area (Å²) in [5.74, 6) is 2.54. The number of morpholine rings is 3. The fraction of sp³-hybridized carbons (Fsp3) is 0.400. The third-order valence-corrected chi connectivity index (χ3v) is 12.5. The second-order valence-electron chi connectivity index (χ2n) is 17.1. The van der Waals surface area contributed by atoms with E-state index in [1.165, 1.54) is 12.7 Å². The lowest BCUT2D eigenvalue weighted by Gasteiger charge is -2.32. The summed E-state index contributed by atoms with van der Waals surface area (Å²) in [5.41, 5.74) is 18.6. The average Bonchev–Trinajstić information content (AvgIpc) is 4.18. The van der Waals surface area contributed by atoms with E-state index in [0.717, 1.165) is 117 Å². The number of fused-ring (bicyclic) bond motifs is 3. The molecule has 0 saturated carbocycles. The smallest absolute Gasteiger partial charge is 0.399 e. The summed E-state index contributed by atoms with van der Waals surface area (Å²) in [4.78, 5) is 51.1. The number of nitrogens with zero attached hydrogens (tertiary/aromatic N) is 11. The summed E-state index contributed by atoms with van der Waals surface area (Å²) in [6, 6.07) is 15.2. The molecule has 0 amide bonds. The number of imidazole rings is 3. The SMILES string of the molecule is Brc1nc2ncnc(N3CCOCC3)c2[nH]1.C1COCCN1.CC1(C)OB(c2ccc(N)cc2)OC1(C)C.Clc1ncnc2nc[nH]c12.Nc1ccc(-c2nc3ncnc(N4CCOCC4)c3[nH]2)cc1. The fourth-order valence-electron chi connectivity index (χ4n) is 7.30. The number of aromatic nitrogens is 12. The molecule has 0 unspecified atom stereocenters. The molecule has 8 N–H and O–H groups in total. The highest BCUT2D eigenvalue weighted by molar-refractivity contribution is 9.10. The van der Waals surface area contributed by atoms with E-state index in [1.807, 2.05) is 76.2 Å². The van der Waals surface area contributed by atoms with Crippen molar-refractivity contribution in [3.63, 3.8) is 0 Å². The minimum Gasteiger partial charge on any atom is -0.399 e. The fourth-order valence-corrected chi connectivity index (χ4v) is 7.84. The van der Waals surface area contributed by atoms with Gasteiger partial charge in [0, 0.05) is 56.2 Å². The van der Waals surface area contributed by atoms with E-state index in [4.69, 9.17) is 46.6 Å². The van der Waals surface area contributed by atoms with Crippen molar-refractivity contribution in [1.82, 2.24) is 65.1 Å². The Bertz CT molecular complexity index is 2880. The summed E-state index contributed by atoms with van der Waals surface area (Å²) >= 11 is 8.98. The quantitative estimate of drug-likeness (QED) is 0.0609. The topological polar surface area (TPSA) is 280 Å². The van der Waals surface area contributed by atoms with Gasteiger partial charge in [0.05, 0.1) is 57.2 Å². The molecule has 0 spiro atoms. The van der Waals surface area contributed by atoms with Gasteiger partial charge in [0.1, 0.15) is 41.4 Å². The monoisotopic (exact) mass is 1040 g/mol. The normalized spacial score (nSPS) is 17.4. The highest BCUT2D eigenvalue weighted by atomic mass is 79.9. The van der Waals surface area contributed by atoms with E-state index >= 15 is 0 Å². The molecule has 368 valence electrons. The molecular weight excluding hydrogens is 985 g/mol. The number of H-pyrrole nitrogens is 3. The van der Waals surface area contributed by atoms with Gasteiger partial charge in [-0.1, -0.05) is 23.7 Å². The number of aromatic amines is 3. The van der Waals surface area contributed by atoms with Crippen molar-refractivity contribution in [2.75, 3.05) is 100 Å². The van der Waals surface area contributed by atoms with Gasteiger partial charge in [0.15, 0.2) is 38.5 Å². The Balaban J connectivity index is 0.000000124. The predicted molar refractivity (Wildman–Crippen MR) is 274 cm³/mol. The molecule has 4 saturated heterocycles. The first-order valence-corrected chi connectivity index (χ1v) is 23.9. The summed E-state index contributed by atoms with van der Waals surface area (Å²) < 4.78 is 28.3. The van der Waals surface area contributed by atoms with Gasteiger partial charge in [-0.3, -0.25) is 0 Å². The van der Waals surface area contributed by atoms with Crippen LogP contribution in [0.15, 0.2) is 78.6 Å². The number of nitrogen functional groups attached to an aromatic ring is 2. The maximum atomic E-state index is 5.93. The number of nitrogens with one attached hydrogen (secondary N) is 4. The van der Waals surface area contributed by atoms with E-state index in [0.29, 0.717) is 45.6 Å². The van der Waals surface area contributed by atoms with Gasteiger partial charge in [-0.05, 0) is 85.5 Å². The van der Waals surface area contributed by atoms with Gasteiger partial charge < -0.3 is 65.1 Å². The lowest BCUT2D eigenvalue weighted by atomic mass is 9.79. The first kappa shape index (κ1) is 50.3. The molecule has 10 heterocycles. The largest absolute Gasteiger partial charge is 0.494 e. The molecule has 25 heteroatoms. The van der Waals surface area contributed by atoms with Crippen LogP contribution in [0.25, 0.3) is 44.9 Å². The molecule has 0 radical (unpaired) electrons. The Morgan fingerprint density at radius 2 is 1.10 bits per heavy atom. The lowest BCUT2D eigenvalue weighted by Crippen LogP contribution is -2.41. The van der Waals surface area contributed by atoms with Crippen molar-refractivity contribution in [2.45, 2.75) is 38.9 Å². The highest BCUT2D eigenvalue weighted by Crippen LogP contribution is 2.36. The van der Waals surface area contributed by atoms with Crippen molar-refractivity contribution in [1.29, 1.82) is 0 Å². The summed E-state index contributed by atoms with van der Waals surface area (Å²) in [6.07, 6.45) is 6.01. The van der Waals surface area contributed by atoms with Crippen LogP contribution in [0.3, 0.4) is 0 Å². The molecule has 2 aromatic carbocycles. The van der Waals surface area contributed by atoms with Crippen LogP contribution >= 0.6 is 27.5 Å². The molecule has 0 bridgehead atoms. The maximum Gasteiger partial charge on any atom is 0.494 e. The molecule has 4 fully saturated rings. The predicted octanol–water partition coefficient (Wildman–Crippen LogP) is 4.57. The molecule has 8 aromatic rings. The van der Waals surface area contributed by atoms with E-state index < -0.39 is 0 Å². The first-order chi connectivity index (χ1) is 33.8. The van der Waals surface area contributed by atoms with Crippen LogP contribution in [0.2, 0.25) is 5.15 Å². The first-order valence-electron chi connectivity index (χ1n) is 22.7. The van der Waals surface area contributed by atoms with Crippen molar-refractivity contribution in [2.24, 2.45) is 0 Å². The number of nitrogens with two attached hydrogens (primary N) is 2. The van der Waals surface area contributed by atoms with Crippen LogP contribution in [-0.4, -0.2) is 157 Å². The molecule has 0 aliphatic carbocycles. The number of benzene rings is 2. The molecule has 4 aliphatic heterocycles. The minimum atomic E-state index is -0.300. The number of hydrogen-bond donors (Lipinski definition) is 6. The zero-order valence-electron chi connectivity index (χ0n) is 39.4. The Morgan fingerprint density at radius 3 is 1.63 bits per heavy atom. The Morgan fingerprint density at radius 1 is 0.600 bits per heavy atom. The second kappa shape index (κ2) is 23.2. The number of hydrogen-bond acceptors (Lipinski definition) is 19. The molecule has 70 heavy (non-hydrogen) atoms. The van der Waals surface area contributed by atoms with Crippen molar-refractivity contribution < 1.29 is 23.5 Å². The van der Waals surface area contributed by atoms with Crippen molar-refractivity contribution in [3.8, 4) is 11.4 Å². The van der Waals surface area contributed by atoms with E-state index in [-0.39, 0.29) is 18.3 Å². The lowest BCUT2D eigenvalue weighted by molar-refractivity contribution is 0.00578. The van der Waals surface area contributed by atoms with Gasteiger partial charge in [-0.25, -0.2) is 44.9 Å². The Labute approximate surface area is 417 Å². The second-order valence-corrected chi connectivity index (χ2v) is 18.2. The standard InChI is InChI=1S/C15H16N6O.C12H18BNO2.C9H10BrN5O.C5H3ClN4.C4H9NO/c16-11-3-1-10(2-4-11)13-19-12-14(20-13)17-9-18-15(12)21-5-7-22-8-6-21;1-11(2)12(3,4)16-13(15-11)9-5-7-10(14)8-6-9;10-9-13-6-7(14-9)11-5-12-8(6)15-1-3-16-4-2-15;6-4-3-5(9-1-7-3)10-2-8-4;1-3-6-4-2-5-1/h1-4,9H,5-8,16H2,(H,17,18,19,20);5-8H,14H2,1-4H3;5H,1-4H2,(H,11,12,13,14);1-2H,(H,7,8,9,10);5H,1-4H2. The minimum absolute atomic E-state index is 0.293. The summed E-state index contributed by atoms with van der Waals surface area (Å²) in [5, 5.41) is 3.56. The summed E-state index contributed by atoms with van der Waals surface area (Å²) in [6.45, 7) is 18.3. The highest BCUT2D eigenvalue weighted by Gasteiger charge is 2.51. The molecule has 22 nitrogen and oxygen atoms in total. The van der Waals surface area contributed by atoms with Crippen LogP contribution in [0, 0.1) is 0 Å². The number of halogens is 2. The molecule has 0 atom stereocenters. The third kappa shape index (κ3) is 12.6. The van der Waals surface area contributed by atoms with Crippen LogP contribution in [0.1, 0.15) is 27.7 Å². The maximum absolute atomic E-state index is 5.93. The Hall–Kier alpha value is -6.12. The van der Waals surface area contributed by atoms with Crippen molar-refractivity contribution >= 4 is 96.6 Å². The van der Waals surface area contributed by atoms with Crippen molar-refractivity contribution in [3.05, 3.63) is 83.7 Å². The number of ether oxygens (including phenoxy) is 3. The van der Waals surface area contributed by atoms with E-state index in [2.05, 4.69) is 90.9 Å². The zero-order valence-corrected chi connectivity index (χ0v) is 41.7. The third-order valence-electron chi connectivity index (χ3n) is 11.8. The van der Waals surface area contributed by atoms with Crippen LogP contribution in [0.5, 0.6) is 0 Å². The van der Waals surface area contributed by atoms with Gasteiger partial charge in [-0.15, -0.1) is 0 Å². The average molecular weight is 1040 g/mol. The van der Waals surface area contributed by atoms with Gasteiger partial charge in [0.25, 0.3) is 0 Å². The van der Waals surface area contributed by atoms with Crippen LogP contribution in [-0.2, 0) is 23.5 Å². The molecule has 6 aromatic heterocycles. The zero-order chi connectivity index (χ0) is 49.1. The van der Waals surface area contributed by atoms with Crippen LogP contribution < -0.4 is 32.0 Å². The van der Waals surface area contributed by atoms with Gasteiger partial charge in [0.2, 0.25) is 0 Å². The summed E-state index contributed by atoms with van der Waals surface area (Å²) in [7, 11) is -0.300. The number of anilines is 4. The van der Waals surface area contributed by atoms with Gasteiger partial charge in [-0.2, -0.15) is 0 Å². The Kier molecular flexibility index (Phi) is 16.7. The van der Waals surface area contributed by atoms with Crippen LogP contribution in [0.4, 0.5) is 23.0 Å². The molecular formula is C45H56BBrClN17O5. The van der Waals surface area contributed by atoms with E-state index in [1.54, 1.807) is 12.7 Å². The van der Waals surface area contributed by atoms with E-state index in [9.17, 15) is 0 Å². The molecule has 12 rings (SSSR count). The van der Waals surface area contributed by atoms with Gasteiger partial charge >= 0.3 is 7.12 Å².